The fraction of sp³-hybridized carbons (Fsp3) is 0.0870. The van der Waals surface area contributed by atoms with Crippen LogP contribution in [0.4, 0.5) is 5.69 Å². The number of amides is 2. The fourth-order valence-electron chi connectivity index (χ4n) is 3.37. The van der Waals surface area contributed by atoms with E-state index in [0.29, 0.717) is 16.3 Å². The summed E-state index contributed by atoms with van der Waals surface area (Å²) in [5, 5.41) is 7.15. The Morgan fingerprint density at radius 1 is 1.06 bits per heavy atom. The number of carbonyl (C=O) groups excluding carboxylic acids is 2. The fourth-order valence-corrected chi connectivity index (χ4v) is 3.73. The standard InChI is InChI=1S/C23H17Cl2N5O4/c24-15-6-3-5-13(8-15)20(28-19(31)12-30-11-17(25)21(32)29-23(30)34)22(33)27-18-10-26-9-14-4-1-2-7-16(14)18/h1-11,20H,12H2,(H,27,33)(H,28,31)(H,29,32,34). The first-order valence-electron chi connectivity index (χ1n) is 9.99. The second kappa shape index (κ2) is 9.90. The molecule has 2 amide bonds. The van der Waals surface area contributed by atoms with Crippen LogP contribution in [-0.2, 0) is 16.1 Å². The highest BCUT2D eigenvalue weighted by Crippen LogP contribution is 2.24. The molecule has 34 heavy (non-hydrogen) atoms. The average Bonchev–Trinajstić information content (AvgIpc) is 2.81. The summed E-state index contributed by atoms with van der Waals surface area (Å²) in [4.78, 5) is 55.7. The molecule has 2 aromatic carbocycles. The minimum Gasteiger partial charge on any atom is -0.339 e. The van der Waals surface area contributed by atoms with Gasteiger partial charge in [0.05, 0.1) is 11.9 Å². The Morgan fingerprint density at radius 2 is 1.85 bits per heavy atom. The third-order valence-electron chi connectivity index (χ3n) is 4.96. The van der Waals surface area contributed by atoms with Gasteiger partial charge < -0.3 is 10.6 Å². The number of nitrogens with one attached hydrogen (secondary N) is 3. The molecule has 9 nitrogen and oxygen atoms in total. The van der Waals surface area contributed by atoms with Crippen LogP contribution in [0.25, 0.3) is 10.8 Å². The van der Waals surface area contributed by atoms with Crippen molar-refractivity contribution in [2.75, 3.05) is 5.32 Å². The van der Waals surface area contributed by atoms with E-state index in [2.05, 4.69) is 15.6 Å². The number of H-pyrrole nitrogens is 1. The number of nitrogens with zero attached hydrogens (tertiary/aromatic N) is 2. The number of aromatic amines is 1. The molecule has 4 rings (SSSR count). The lowest BCUT2D eigenvalue weighted by Gasteiger charge is -2.20. The van der Waals surface area contributed by atoms with Gasteiger partial charge in [-0.2, -0.15) is 0 Å². The first-order chi connectivity index (χ1) is 16.3. The maximum absolute atomic E-state index is 13.3. The summed E-state index contributed by atoms with van der Waals surface area (Å²) in [5.74, 6) is -1.21. The molecule has 3 N–H and O–H groups in total. The van der Waals surface area contributed by atoms with Gasteiger partial charge in [-0.1, -0.05) is 59.6 Å². The van der Waals surface area contributed by atoms with Crippen LogP contribution < -0.4 is 21.9 Å². The van der Waals surface area contributed by atoms with Gasteiger partial charge in [0.25, 0.3) is 11.5 Å². The minimum atomic E-state index is -1.14. The molecular weight excluding hydrogens is 481 g/mol. The predicted octanol–water partition coefficient (Wildman–Crippen LogP) is 2.89. The summed E-state index contributed by atoms with van der Waals surface area (Å²) in [6.07, 6.45) is 4.24. The lowest BCUT2D eigenvalue weighted by Crippen LogP contribution is -2.41. The monoisotopic (exact) mass is 497 g/mol. The average molecular weight is 498 g/mol. The van der Waals surface area contributed by atoms with Crippen LogP contribution in [0.15, 0.2) is 76.7 Å². The van der Waals surface area contributed by atoms with Crippen molar-refractivity contribution in [3.05, 3.63) is 104 Å². The number of carbonyl (C=O) groups is 2. The zero-order chi connectivity index (χ0) is 24.2. The Labute approximate surface area is 202 Å². The van der Waals surface area contributed by atoms with E-state index < -0.39 is 35.6 Å². The van der Waals surface area contributed by atoms with Gasteiger partial charge in [-0.15, -0.1) is 0 Å². The Bertz CT molecular complexity index is 1510. The summed E-state index contributed by atoms with van der Waals surface area (Å²) in [5.41, 5.74) is -0.676. The van der Waals surface area contributed by atoms with Crippen molar-refractivity contribution in [1.29, 1.82) is 0 Å². The Balaban J connectivity index is 1.62. The van der Waals surface area contributed by atoms with E-state index in [4.69, 9.17) is 23.2 Å². The first kappa shape index (κ1) is 23.2. The van der Waals surface area contributed by atoms with E-state index >= 15 is 0 Å². The second-order valence-corrected chi connectivity index (χ2v) is 8.16. The van der Waals surface area contributed by atoms with Crippen molar-refractivity contribution in [1.82, 2.24) is 19.9 Å². The largest absolute Gasteiger partial charge is 0.339 e. The maximum atomic E-state index is 13.3. The zero-order valence-electron chi connectivity index (χ0n) is 17.4. The SMILES string of the molecule is O=C(Cn1cc(Cl)c(=O)[nH]c1=O)NC(C(=O)Nc1cncc2ccccc12)c1cccc(Cl)c1. The van der Waals surface area contributed by atoms with Gasteiger partial charge in [-0.3, -0.25) is 28.9 Å². The molecule has 0 fully saturated rings. The zero-order valence-corrected chi connectivity index (χ0v) is 18.9. The van der Waals surface area contributed by atoms with Gasteiger partial charge in [0.1, 0.15) is 17.6 Å². The number of aromatic nitrogens is 3. The van der Waals surface area contributed by atoms with Gasteiger partial charge in [-0.25, -0.2) is 4.79 Å². The molecule has 172 valence electrons. The van der Waals surface area contributed by atoms with E-state index in [-0.39, 0.29) is 5.02 Å². The van der Waals surface area contributed by atoms with Crippen LogP contribution in [-0.4, -0.2) is 26.3 Å². The van der Waals surface area contributed by atoms with Gasteiger partial charge in [-0.05, 0) is 17.7 Å². The maximum Gasteiger partial charge on any atom is 0.328 e. The van der Waals surface area contributed by atoms with Crippen LogP contribution in [0.3, 0.4) is 0 Å². The van der Waals surface area contributed by atoms with Gasteiger partial charge >= 0.3 is 5.69 Å². The molecule has 0 aliphatic carbocycles. The molecule has 2 aromatic heterocycles. The van der Waals surface area contributed by atoms with Crippen LogP contribution in [0.1, 0.15) is 11.6 Å². The summed E-state index contributed by atoms with van der Waals surface area (Å²) < 4.78 is 0.931. The molecule has 0 saturated carbocycles. The number of halogens is 2. The smallest absolute Gasteiger partial charge is 0.328 e. The number of rotatable bonds is 6. The van der Waals surface area contributed by atoms with Gasteiger partial charge in [0.15, 0.2) is 0 Å². The Kier molecular flexibility index (Phi) is 6.76. The third kappa shape index (κ3) is 5.16. The highest BCUT2D eigenvalue weighted by atomic mass is 35.5. The van der Waals surface area contributed by atoms with Gasteiger partial charge in [0.2, 0.25) is 5.91 Å². The third-order valence-corrected chi connectivity index (χ3v) is 5.46. The van der Waals surface area contributed by atoms with Crippen LogP contribution in [0.2, 0.25) is 10.0 Å². The number of hydrogen-bond donors (Lipinski definition) is 3. The molecule has 0 aliphatic rings. The molecule has 0 saturated heterocycles. The lowest BCUT2D eigenvalue weighted by molar-refractivity contribution is -0.127. The molecule has 0 bridgehead atoms. The van der Waals surface area contributed by atoms with Crippen molar-refractivity contribution in [2.45, 2.75) is 12.6 Å². The van der Waals surface area contributed by atoms with Crippen molar-refractivity contribution in [3.8, 4) is 0 Å². The summed E-state index contributed by atoms with van der Waals surface area (Å²) in [6, 6.07) is 12.7. The molecule has 1 atom stereocenters. The Hall–Kier alpha value is -3.95. The summed E-state index contributed by atoms with van der Waals surface area (Å²) in [6.45, 7) is -0.477. The summed E-state index contributed by atoms with van der Waals surface area (Å²) >= 11 is 11.9. The van der Waals surface area contributed by atoms with Crippen LogP contribution >= 0.6 is 23.2 Å². The molecule has 0 aliphatic heterocycles. The highest BCUT2D eigenvalue weighted by molar-refractivity contribution is 6.30. The normalized spacial score (nSPS) is 11.7. The van der Waals surface area contributed by atoms with Gasteiger partial charge in [0, 0.05) is 28.2 Å². The minimum absolute atomic E-state index is 0.250. The molecular formula is C23H17Cl2N5O4. The number of anilines is 1. The van der Waals surface area contributed by atoms with Crippen molar-refractivity contribution >= 4 is 51.5 Å². The van der Waals surface area contributed by atoms with E-state index in [1.54, 1.807) is 30.5 Å². The topological polar surface area (TPSA) is 126 Å². The highest BCUT2D eigenvalue weighted by Gasteiger charge is 2.24. The quantitative estimate of drug-likeness (QED) is 0.377. The van der Waals surface area contributed by atoms with Crippen molar-refractivity contribution < 1.29 is 9.59 Å². The number of pyridine rings is 1. The molecule has 0 spiro atoms. The second-order valence-electron chi connectivity index (χ2n) is 7.32. The van der Waals surface area contributed by atoms with E-state index in [1.807, 2.05) is 29.2 Å². The molecule has 4 aromatic rings. The van der Waals surface area contributed by atoms with Crippen LogP contribution in [0.5, 0.6) is 0 Å². The predicted molar refractivity (Wildman–Crippen MR) is 129 cm³/mol. The number of benzene rings is 2. The Morgan fingerprint density at radius 3 is 2.65 bits per heavy atom. The first-order valence-corrected chi connectivity index (χ1v) is 10.7. The van der Waals surface area contributed by atoms with E-state index in [9.17, 15) is 19.2 Å². The molecule has 11 heteroatoms. The lowest BCUT2D eigenvalue weighted by atomic mass is 10.1. The van der Waals surface area contributed by atoms with Crippen molar-refractivity contribution in [3.63, 3.8) is 0 Å². The summed E-state index contributed by atoms with van der Waals surface area (Å²) in [7, 11) is 0. The number of hydrogen-bond acceptors (Lipinski definition) is 5. The van der Waals surface area contributed by atoms with Crippen molar-refractivity contribution in [2.24, 2.45) is 0 Å². The van der Waals surface area contributed by atoms with E-state index in [1.165, 1.54) is 6.20 Å². The molecule has 2 heterocycles. The molecule has 1 unspecified atom stereocenters. The number of fused-ring (bicyclic) bond motifs is 1. The van der Waals surface area contributed by atoms with Crippen LogP contribution in [0, 0.1) is 0 Å². The van der Waals surface area contributed by atoms with E-state index in [0.717, 1.165) is 21.5 Å². The molecule has 0 radical (unpaired) electrons.